The first-order valence-electron chi connectivity index (χ1n) is 10.1. The van der Waals surface area contributed by atoms with Gasteiger partial charge in [0.05, 0.1) is 5.92 Å². The van der Waals surface area contributed by atoms with E-state index in [1.54, 1.807) is 11.3 Å². The lowest BCUT2D eigenvalue weighted by atomic mass is 9.93. The van der Waals surface area contributed by atoms with Gasteiger partial charge in [-0.15, -0.1) is 0 Å². The van der Waals surface area contributed by atoms with Crippen LogP contribution in [0.1, 0.15) is 44.1 Å². The van der Waals surface area contributed by atoms with Crippen molar-refractivity contribution in [3.05, 3.63) is 22.4 Å². The van der Waals surface area contributed by atoms with E-state index in [4.69, 9.17) is 0 Å². The summed E-state index contributed by atoms with van der Waals surface area (Å²) in [6.07, 6.45) is 7.21. The Morgan fingerprint density at radius 2 is 1.84 bits per heavy atom. The third kappa shape index (κ3) is 4.26. The highest BCUT2D eigenvalue weighted by Crippen LogP contribution is 2.26. The Labute approximate surface area is 155 Å². The van der Waals surface area contributed by atoms with Gasteiger partial charge in [0.25, 0.3) is 0 Å². The number of hydrogen-bond donors (Lipinski definition) is 0. The van der Waals surface area contributed by atoms with E-state index in [2.05, 4.69) is 31.5 Å². The molecule has 5 heteroatoms. The minimum atomic E-state index is 0.260. The number of carbonyl (C=O) groups is 1. The zero-order valence-corrected chi connectivity index (χ0v) is 16.1. The highest BCUT2D eigenvalue weighted by atomic mass is 32.1. The smallest absolute Gasteiger partial charge is 0.226 e. The van der Waals surface area contributed by atoms with E-state index < -0.39 is 0 Å². The number of likely N-dealkylation sites (tertiary alicyclic amines) is 3. The maximum absolute atomic E-state index is 12.8. The van der Waals surface area contributed by atoms with E-state index in [9.17, 15) is 4.79 Å². The molecule has 1 amide bonds. The van der Waals surface area contributed by atoms with Crippen LogP contribution in [0.2, 0.25) is 0 Å². The number of piperidine rings is 2. The minimum Gasteiger partial charge on any atom is -0.342 e. The molecule has 3 aliphatic heterocycles. The fourth-order valence-electron chi connectivity index (χ4n) is 4.82. The SMILES string of the molecule is O=C(C1CCCN(C2CCN(Cc3ccsc3)CC2)C1)N1CCCC1. The van der Waals surface area contributed by atoms with Crippen LogP contribution in [-0.4, -0.2) is 65.9 Å². The highest BCUT2D eigenvalue weighted by Gasteiger charge is 2.34. The Hall–Kier alpha value is -0.910. The summed E-state index contributed by atoms with van der Waals surface area (Å²) in [5.41, 5.74) is 1.46. The Morgan fingerprint density at radius 1 is 1.04 bits per heavy atom. The summed E-state index contributed by atoms with van der Waals surface area (Å²) in [5.74, 6) is 0.702. The van der Waals surface area contributed by atoms with Crippen molar-refractivity contribution in [3.63, 3.8) is 0 Å². The zero-order chi connectivity index (χ0) is 17.1. The summed E-state index contributed by atoms with van der Waals surface area (Å²) in [6.45, 7) is 7.69. The van der Waals surface area contributed by atoms with Crippen LogP contribution in [0.25, 0.3) is 0 Å². The van der Waals surface area contributed by atoms with Crippen LogP contribution in [0.5, 0.6) is 0 Å². The number of nitrogens with zero attached hydrogens (tertiary/aromatic N) is 3. The Morgan fingerprint density at radius 3 is 2.56 bits per heavy atom. The van der Waals surface area contributed by atoms with E-state index in [0.717, 1.165) is 32.6 Å². The molecule has 1 unspecified atom stereocenters. The van der Waals surface area contributed by atoms with Crippen LogP contribution in [-0.2, 0) is 11.3 Å². The lowest BCUT2D eigenvalue weighted by molar-refractivity contribution is -0.136. The van der Waals surface area contributed by atoms with Crippen LogP contribution in [0.15, 0.2) is 16.8 Å². The first-order chi connectivity index (χ1) is 12.3. The molecule has 138 valence electrons. The molecule has 0 bridgehead atoms. The molecular weight excluding hydrogens is 330 g/mol. The van der Waals surface area contributed by atoms with Crippen molar-refractivity contribution in [1.29, 1.82) is 0 Å². The van der Waals surface area contributed by atoms with Gasteiger partial charge >= 0.3 is 0 Å². The summed E-state index contributed by atoms with van der Waals surface area (Å²) in [4.78, 5) is 20.1. The lowest BCUT2D eigenvalue weighted by Crippen LogP contribution is -2.50. The third-order valence-electron chi connectivity index (χ3n) is 6.28. The first kappa shape index (κ1) is 17.5. The van der Waals surface area contributed by atoms with E-state index in [1.165, 1.54) is 57.3 Å². The Balaban J connectivity index is 1.26. The molecule has 0 aromatic carbocycles. The summed E-state index contributed by atoms with van der Waals surface area (Å²) in [5, 5.41) is 4.44. The van der Waals surface area contributed by atoms with Crippen molar-refractivity contribution in [2.45, 2.75) is 51.1 Å². The largest absolute Gasteiger partial charge is 0.342 e. The van der Waals surface area contributed by atoms with Crippen molar-refractivity contribution >= 4 is 17.2 Å². The first-order valence-corrected chi connectivity index (χ1v) is 11.0. The molecule has 3 fully saturated rings. The van der Waals surface area contributed by atoms with Crippen LogP contribution in [0.4, 0.5) is 0 Å². The van der Waals surface area contributed by atoms with Crippen LogP contribution >= 0.6 is 11.3 Å². The van der Waals surface area contributed by atoms with Crippen LogP contribution in [0, 0.1) is 5.92 Å². The van der Waals surface area contributed by atoms with E-state index in [1.807, 2.05) is 0 Å². The molecule has 4 rings (SSSR count). The fraction of sp³-hybridized carbons (Fsp3) is 0.750. The van der Waals surface area contributed by atoms with Gasteiger partial charge in [0, 0.05) is 32.2 Å². The van der Waals surface area contributed by atoms with Gasteiger partial charge in [-0.2, -0.15) is 11.3 Å². The second-order valence-electron chi connectivity index (χ2n) is 8.01. The lowest BCUT2D eigenvalue weighted by Gasteiger charge is -2.42. The predicted octanol–water partition coefficient (Wildman–Crippen LogP) is 3.05. The topological polar surface area (TPSA) is 26.8 Å². The third-order valence-corrected chi connectivity index (χ3v) is 7.01. The fourth-order valence-corrected chi connectivity index (χ4v) is 5.48. The van der Waals surface area contributed by atoms with Crippen molar-refractivity contribution in [1.82, 2.24) is 14.7 Å². The van der Waals surface area contributed by atoms with Gasteiger partial charge < -0.3 is 4.90 Å². The molecule has 0 aliphatic carbocycles. The van der Waals surface area contributed by atoms with Crippen LogP contribution < -0.4 is 0 Å². The van der Waals surface area contributed by atoms with Crippen LogP contribution in [0.3, 0.4) is 0 Å². The molecule has 4 heterocycles. The molecule has 0 radical (unpaired) electrons. The summed E-state index contributed by atoms with van der Waals surface area (Å²) >= 11 is 1.79. The molecule has 1 aromatic rings. The average Bonchev–Trinajstić information content (AvgIpc) is 3.36. The molecule has 0 spiro atoms. The normalized spacial score (nSPS) is 27.0. The molecule has 4 nitrogen and oxygen atoms in total. The van der Waals surface area contributed by atoms with Crippen molar-refractivity contribution in [3.8, 4) is 0 Å². The molecule has 3 aliphatic rings. The molecule has 3 saturated heterocycles. The van der Waals surface area contributed by atoms with Gasteiger partial charge in [0.15, 0.2) is 0 Å². The monoisotopic (exact) mass is 361 g/mol. The summed E-state index contributed by atoms with van der Waals surface area (Å²) in [7, 11) is 0. The van der Waals surface area contributed by atoms with Crippen molar-refractivity contribution < 1.29 is 4.79 Å². The van der Waals surface area contributed by atoms with E-state index in [0.29, 0.717) is 11.9 Å². The Kier molecular flexibility index (Phi) is 5.73. The molecule has 1 aromatic heterocycles. The second-order valence-corrected chi connectivity index (χ2v) is 8.79. The van der Waals surface area contributed by atoms with Crippen molar-refractivity contribution in [2.75, 3.05) is 39.3 Å². The molecule has 25 heavy (non-hydrogen) atoms. The van der Waals surface area contributed by atoms with Gasteiger partial charge in [-0.05, 0) is 80.5 Å². The number of thiophene rings is 1. The maximum Gasteiger partial charge on any atom is 0.226 e. The quantitative estimate of drug-likeness (QED) is 0.825. The number of carbonyl (C=O) groups excluding carboxylic acids is 1. The number of rotatable bonds is 4. The van der Waals surface area contributed by atoms with Gasteiger partial charge in [-0.25, -0.2) is 0 Å². The standard InChI is InChI=1S/C20H31N3OS/c24-20(22-8-1-2-9-22)18-4-3-10-23(15-18)19-5-11-21(12-6-19)14-17-7-13-25-16-17/h7,13,16,18-19H,1-6,8-12,14-15H2. The van der Waals surface area contributed by atoms with Gasteiger partial charge in [-0.3, -0.25) is 14.6 Å². The molecule has 1 atom stereocenters. The molecular formula is C20H31N3OS. The van der Waals surface area contributed by atoms with Gasteiger partial charge in [0.1, 0.15) is 0 Å². The zero-order valence-electron chi connectivity index (χ0n) is 15.2. The highest BCUT2D eigenvalue weighted by molar-refractivity contribution is 7.07. The number of hydrogen-bond acceptors (Lipinski definition) is 4. The van der Waals surface area contributed by atoms with E-state index >= 15 is 0 Å². The summed E-state index contributed by atoms with van der Waals surface area (Å²) in [6, 6.07) is 2.93. The van der Waals surface area contributed by atoms with E-state index in [-0.39, 0.29) is 5.92 Å². The van der Waals surface area contributed by atoms with Gasteiger partial charge in [0.2, 0.25) is 5.91 Å². The Bertz CT molecular complexity index is 547. The van der Waals surface area contributed by atoms with Gasteiger partial charge in [-0.1, -0.05) is 0 Å². The second kappa shape index (κ2) is 8.19. The summed E-state index contributed by atoms with van der Waals surface area (Å²) < 4.78 is 0. The minimum absolute atomic E-state index is 0.260. The van der Waals surface area contributed by atoms with Crippen molar-refractivity contribution in [2.24, 2.45) is 5.92 Å². The predicted molar refractivity (Wildman–Crippen MR) is 103 cm³/mol. The maximum atomic E-state index is 12.8. The average molecular weight is 362 g/mol. The molecule has 0 N–H and O–H groups in total. The number of amides is 1. The molecule has 0 saturated carbocycles.